The second-order valence-electron chi connectivity index (χ2n) is 7.41. The molecule has 1 aliphatic carbocycles. The van der Waals surface area contributed by atoms with E-state index in [0.717, 1.165) is 35.6 Å². The van der Waals surface area contributed by atoms with Gasteiger partial charge in [-0.2, -0.15) is 5.10 Å². The van der Waals surface area contributed by atoms with E-state index in [4.69, 9.17) is 0 Å². The van der Waals surface area contributed by atoms with Crippen molar-refractivity contribution in [3.63, 3.8) is 0 Å². The normalized spacial score (nSPS) is 14.7. The number of amides is 1. The number of nitrogens with zero attached hydrogens (tertiary/aromatic N) is 3. The zero-order valence-corrected chi connectivity index (χ0v) is 15.5. The van der Waals surface area contributed by atoms with Crippen molar-refractivity contribution >= 4 is 5.91 Å². The fourth-order valence-electron chi connectivity index (χ4n) is 3.22. The fraction of sp³-hybridized carbons (Fsp3) is 0.318. The number of hydrogen-bond acceptors (Lipinski definition) is 3. The third-order valence-electron chi connectivity index (χ3n) is 4.90. The number of carbonyl (C=O) groups excluding carboxylic acids is 1. The minimum atomic E-state index is -0.0534. The van der Waals surface area contributed by atoms with Gasteiger partial charge in [0.25, 0.3) is 5.91 Å². The van der Waals surface area contributed by atoms with Crippen LogP contribution in [0.2, 0.25) is 0 Å². The lowest BCUT2D eigenvalue weighted by Gasteiger charge is -2.14. The van der Waals surface area contributed by atoms with E-state index in [2.05, 4.69) is 21.6 Å². The van der Waals surface area contributed by atoms with E-state index in [1.807, 2.05) is 60.4 Å². The molecule has 2 aromatic heterocycles. The maximum Gasteiger partial charge on any atom is 0.251 e. The van der Waals surface area contributed by atoms with Crippen LogP contribution < -0.4 is 5.32 Å². The molecule has 0 radical (unpaired) electrons. The van der Waals surface area contributed by atoms with Crippen LogP contribution in [0.3, 0.4) is 0 Å². The third-order valence-corrected chi connectivity index (χ3v) is 4.90. The highest BCUT2D eigenvalue weighted by Crippen LogP contribution is 2.31. The molecule has 0 saturated heterocycles. The Morgan fingerprint density at radius 3 is 2.70 bits per heavy atom. The van der Waals surface area contributed by atoms with Gasteiger partial charge in [-0.1, -0.05) is 18.2 Å². The molecule has 0 aliphatic heterocycles. The SMILES string of the molecule is CC(Cc1cccnc1)NC(=O)c1ccc(-c2cnn(CC3CC3)c2)cc1. The predicted octanol–water partition coefficient (Wildman–Crippen LogP) is 3.72. The maximum absolute atomic E-state index is 12.5. The monoisotopic (exact) mass is 360 g/mol. The van der Waals surface area contributed by atoms with Gasteiger partial charge in [-0.3, -0.25) is 14.5 Å². The molecule has 5 nitrogen and oxygen atoms in total. The Kier molecular flexibility index (Phi) is 5.01. The lowest BCUT2D eigenvalue weighted by atomic mass is 10.1. The molecule has 27 heavy (non-hydrogen) atoms. The molecule has 1 fully saturated rings. The van der Waals surface area contributed by atoms with Gasteiger partial charge in [-0.15, -0.1) is 0 Å². The first-order valence-electron chi connectivity index (χ1n) is 9.50. The van der Waals surface area contributed by atoms with Crippen LogP contribution in [0.1, 0.15) is 35.7 Å². The zero-order valence-electron chi connectivity index (χ0n) is 15.5. The molecule has 1 aromatic carbocycles. The van der Waals surface area contributed by atoms with Crippen LogP contribution in [0, 0.1) is 5.92 Å². The van der Waals surface area contributed by atoms with Gasteiger partial charge in [0.1, 0.15) is 0 Å². The standard InChI is InChI=1S/C22H24N4O/c1-16(11-18-3-2-10-23-12-18)25-22(27)20-8-6-19(7-9-20)21-13-24-26(15-21)14-17-4-5-17/h2-3,6-10,12-13,15-17H,4-5,11,14H2,1H3,(H,25,27). The molecule has 1 unspecified atom stereocenters. The van der Waals surface area contributed by atoms with E-state index in [-0.39, 0.29) is 11.9 Å². The Balaban J connectivity index is 1.36. The summed E-state index contributed by atoms with van der Waals surface area (Å²) < 4.78 is 2.02. The first-order chi connectivity index (χ1) is 13.2. The summed E-state index contributed by atoms with van der Waals surface area (Å²) in [7, 11) is 0. The highest BCUT2D eigenvalue weighted by atomic mass is 16.1. The highest BCUT2D eigenvalue weighted by molar-refractivity contribution is 5.94. The van der Waals surface area contributed by atoms with Crippen molar-refractivity contribution < 1.29 is 4.79 Å². The van der Waals surface area contributed by atoms with Crippen LogP contribution in [0.15, 0.2) is 61.2 Å². The summed E-state index contributed by atoms with van der Waals surface area (Å²) in [6.07, 6.45) is 11.0. The van der Waals surface area contributed by atoms with Crippen molar-refractivity contribution in [3.05, 3.63) is 72.3 Å². The third kappa shape index (κ3) is 4.61. The smallest absolute Gasteiger partial charge is 0.251 e. The average molecular weight is 360 g/mol. The number of aromatic nitrogens is 3. The Morgan fingerprint density at radius 2 is 2.00 bits per heavy atom. The van der Waals surface area contributed by atoms with Crippen molar-refractivity contribution in [2.45, 2.75) is 38.8 Å². The number of carbonyl (C=O) groups is 1. The van der Waals surface area contributed by atoms with E-state index in [9.17, 15) is 4.79 Å². The van der Waals surface area contributed by atoms with Crippen molar-refractivity contribution in [2.75, 3.05) is 0 Å². The molecular weight excluding hydrogens is 336 g/mol. The van der Waals surface area contributed by atoms with Gasteiger partial charge >= 0.3 is 0 Å². The maximum atomic E-state index is 12.5. The number of nitrogens with one attached hydrogen (secondary N) is 1. The number of pyridine rings is 1. The van der Waals surface area contributed by atoms with Crippen LogP contribution >= 0.6 is 0 Å². The Hall–Kier alpha value is -2.95. The molecule has 0 spiro atoms. The lowest BCUT2D eigenvalue weighted by Crippen LogP contribution is -2.34. The van der Waals surface area contributed by atoms with Crippen LogP contribution in [0.4, 0.5) is 0 Å². The van der Waals surface area contributed by atoms with Crippen LogP contribution in [0.5, 0.6) is 0 Å². The molecule has 1 atom stereocenters. The largest absolute Gasteiger partial charge is 0.349 e. The van der Waals surface area contributed by atoms with E-state index < -0.39 is 0 Å². The molecule has 5 heteroatoms. The van der Waals surface area contributed by atoms with Gasteiger partial charge in [-0.05, 0) is 61.4 Å². The summed E-state index contributed by atoms with van der Waals surface area (Å²) in [6, 6.07) is 11.7. The van der Waals surface area contributed by atoms with Gasteiger partial charge < -0.3 is 5.32 Å². The molecule has 1 aliphatic rings. The summed E-state index contributed by atoms with van der Waals surface area (Å²) >= 11 is 0. The van der Waals surface area contributed by atoms with Gasteiger partial charge in [0, 0.05) is 42.3 Å². The molecular formula is C22H24N4O. The fourth-order valence-corrected chi connectivity index (χ4v) is 3.22. The van der Waals surface area contributed by atoms with Crippen molar-refractivity contribution in [1.82, 2.24) is 20.1 Å². The van der Waals surface area contributed by atoms with Crippen LogP contribution in [-0.2, 0) is 13.0 Å². The summed E-state index contributed by atoms with van der Waals surface area (Å²) in [5, 5.41) is 7.50. The predicted molar refractivity (Wildman–Crippen MR) is 105 cm³/mol. The highest BCUT2D eigenvalue weighted by Gasteiger charge is 2.22. The molecule has 3 aromatic rings. The first kappa shape index (κ1) is 17.5. The Morgan fingerprint density at radius 1 is 1.19 bits per heavy atom. The summed E-state index contributed by atoms with van der Waals surface area (Å²) in [5.74, 6) is 0.750. The van der Waals surface area contributed by atoms with E-state index in [0.29, 0.717) is 5.56 Å². The van der Waals surface area contributed by atoms with Gasteiger partial charge in [0.2, 0.25) is 0 Å². The molecule has 1 amide bonds. The van der Waals surface area contributed by atoms with Crippen molar-refractivity contribution in [2.24, 2.45) is 5.92 Å². The van der Waals surface area contributed by atoms with Gasteiger partial charge in [-0.25, -0.2) is 0 Å². The topological polar surface area (TPSA) is 59.8 Å². The summed E-state index contributed by atoms with van der Waals surface area (Å²) in [4.78, 5) is 16.6. The number of hydrogen-bond donors (Lipinski definition) is 1. The van der Waals surface area contributed by atoms with Gasteiger partial charge in [0.15, 0.2) is 0 Å². The van der Waals surface area contributed by atoms with Crippen molar-refractivity contribution in [1.29, 1.82) is 0 Å². The minimum Gasteiger partial charge on any atom is -0.349 e. The minimum absolute atomic E-state index is 0.0435. The van der Waals surface area contributed by atoms with Crippen molar-refractivity contribution in [3.8, 4) is 11.1 Å². The number of rotatable bonds is 7. The average Bonchev–Trinajstić information content (AvgIpc) is 3.37. The second kappa shape index (κ2) is 7.74. The van der Waals surface area contributed by atoms with E-state index in [1.54, 1.807) is 6.20 Å². The van der Waals surface area contributed by atoms with Crippen LogP contribution in [-0.4, -0.2) is 26.7 Å². The Labute approximate surface area is 159 Å². The van der Waals surface area contributed by atoms with Gasteiger partial charge in [0.05, 0.1) is 6.20 Å². The first-order valence-corrected chi connectivity index (χ1v) is 9.50. The van der Waals surface area contributed by atoms with Crippen LogP contribution in [0.25, 0.3) is 11.1 Å². The molecule has 138 valence electrons. The summed E-state index contributed by atoms with van der Waals surface area (Å²) in [5.41, 5.74) is 3.95. The quantitative estimate of drug-likeness (QED) is 0.699. The molecule has 4 rings (SSSR count). The number of benzene rings is 1. The molecule has 0 bridgehead atoms. The second-order valence-corrected chi connectivity index (χ2v) is 7.41. The zero-order chi connectivity index (χ0) is 18.6. The summed E-state index contributed by atoms with van der Waals surface area (Å²) in [6.45, 7) is 3.02. The van der Waals surface area contributed by atoms with E-state index in [1.165, 1.54) is 12.8 Å². The lowest BCUT2D eigenvalue weighted by molar-refractivity contribution is 0.0940. The molecule has 2 heterocycles. The molecule has 1 saturated carbocycles. The van der Waals surface area contributed by atoms with E-state index >= 15 is 0 Å². The Bertz CT molecular complexity index is 898. The molecule has 1 N–H and O–H groups in total.